The Morgan fingerprint density at radius 3 is 2.76 bits per heavy atom. The summed E-state index contributed by atoms with van der Waals surface area (Å²) in [5.41, 5.74) is 7.01. The third-order valence-corrected chi connectivity index (χ3v) is 4.96. The van der Waals surface area contributed by atoms with Gasteiger partial charge in [-0.25, -0.2) is 0 Å². The van der Waals surface area contributed by atoms with Crippen molar-refractivity contribution in [2.45, 2.75) is 4.90 Å². The number of carbonyl (C=O) groups is 1. The van der Waals surface area contributed by atoms with Crippen molar-refractivity contribution in [3.8, 4) is 0 Å². The molecule has 0 unspecified atom stereocenters. The molecule has 0 heterocycles. The SMILES string of the molecule is Nc1cc(Br)ccc1SCC(=O)Nc1cccc(Cl)c1Cl. The molecule has 0 bridgehead atoms. The summed E-state index contributed by atoms with van der Waals surface area (Å²) >= 11 is 16.6. The lowest BCUT2D eigenvalue weighted by Crippen LogP contribution is -2.14. The molecule has 2 aromatic carbocycles. The van der Waals surface area contributed by atoms with E-state index in [4.69, 9.17) is 28.9 Å². The Kier molecular flexibility index (Phi) is 5.81. The summed E-state index contributed by atoms with van der Waals surface area (Å²) in [6.07, 6.45) is 0. The van der Waals surface area contributed by atoms with Gasteiger partial charge in [0.15, 0.2) is 0 Å². The molecule has 0 spiro atoms. The Balaban J connectivity index is 1.97. The van der Waals surface area contributed by atoms with E-state index in [0.29, 0.717) is 21.4 Å². The molecule has 0 saturated heterocycles. The molecule has 0 atom stereocenters. The smallest absolute Gasteiger partial charge is 0.234 e. The summed E-state index contributed by atoms with van der Waals surface area (Å²) in [7, 11) is 0. The summed E-state index contributed by atoms with van der Waals surface area (Å²) in [6.45, 7) is 0. The highest BCUT2D eigenvalue weighted by Crippen LogP contribution is 2.31. The summed E-state index contributed by atoms with van der Waals surface area (Å²) in [5, 5.41) is 3.46. The lowest BCUT2D eigenvalue weighted by Gasteiger charge is -2.09. The Morgan fingerprint density at radius 1 is 1.29 bits per heavy atom. The number of nitrogens with two attached hydrogens (primary N) is 1. The van der Waals surface area contributed by atoms with Crippen LogP contribution in [0, 0.1) is 0 Å². The summed E-state index contributed by atoms with van der Waals surface area (Å²) < 4.78 is 0.902. The first-order chi connectivity index (χ1) is 9.97. The average molecular weight is 406 g/mol. The highest BCUT2D eigenvalue weighted by atomic mass is 79.9. The number of anilines is 2. The predicted octanol–water partition coefficient (Wildman–Crippen LogP) is 5.07. The number of nitrogen functional groups attached to an aromatic ring is 1. The van der Waals surface area contributed by atoms with Crippen molar-refractivity contribution in [1.29, 1.82) is 0 Å². The number of amides is 1. The molecule has 0 aliphatic heterocycles. The van der Waals surface area contributed by atoms with Crippen molar-refractivity contribution in [2.24, 2.45) is 0 Å². The van der Waals surface area contributed by atoms with Gasteiger partial charge in [0.25, 0.3) is 0 Å². The molecule has 3 N–H and O–H groups in total. The van der Waals surface area contributed by atoms with Crippen LogP contribution in [0.3, 0.4) is 0 Å². The molecule has 2 aromatic rings. The van der Waals surface area contributed by atoms with E-state index in [0.717, 1.165) is 9.37 Å². The Bertz CT molecular complexity index is 682. The zero-order chi connectivity index (χ0) is 15.4. The number of thioether (sulfide) groups is 1. The standard InChI is InChI=1S/C14H11BrCl2N2OS/c15-8-4-5-12(10(18)6-8)21-7-13(20)19-11-3-1-2-9(16)14(11)17/h1-6H,7,18H2,(H,19,20). The topological polar surface area (TPSA) is 55.1 Å². The zero-order valence-corrected chi connectivity index (χ0v) is 14.6. The van der Waals surface area contributed by atoms with Crippen LogP contribution in [0.15, 0.2) is 45.8 Å². The number of hydrogen-bond donors (Lipinski definition) is 2. The maximum atomic E-state index is 11.9. The van der Waals surface area contributed by atoms with Crippen LogP contribution in [0.25, 0.3) is 0 Å². The van der Waals surface area contributed by atoms with Crippen LogP contribution in [-0.4, -0.2) is 11.7 Å². The predicted molar refractivity (Wildman–Crippen MR) is 94.4 cm³/mol. The molecule has 7 heteroatoms. The van der Waals surface area contributed by atoms with Gasteiger partial charge in [0, 0.05) is 15.1 Å². The highest BCUT2D eigenvalue weighted by molar-refractivity contribution is 9.10. The summed E-state index contributed by atoms with van der Waals surface area (Å²) in [5.74, 6) is 0.0563. The second kappa shape index (κ2) is 7.40. The van der Waals surface area contributed by atoms with Crippen molar-refractivity contribution in [1.82, 2.24) is 0 Å². The largest absolute Gasteiger partial charge is 0.398 e. The fourth-order valence-electron chi connectivity index (χ4n) is 1.58. The normalized spacial score (nSPS) is 10.4. The molecular weight excluding hydrogens is 395 g/mol. The fourth-order valence-corrected chi connectivity index (χ4v) is 3.06. The molecule has 0 radical (unpaired) electrons. The van der Waals surface area contributed by atoms with Crippen LogP contribution in [0.1, 0.15) is 0 Å². The summed E-state index contributed by atoms with van der Waals surface area (Å²) in [6, 6.07) is 10.6. The molecule has 0 fully saturated rings. The van der Waals surface area contributed by atoms with Gasteiger partial charge in [-0.15, -0.1) is 11.8 Å². The number of nitrogens with one attached hydrogen (secondary N) is 1. The van der Waals surface area contributed by atoms with Crippen molar-refractivity contribution in [3.63, 3.8) is 0 Å². The Labute approximate surface area is 145 Å². The van der Waals surface area contributed by atoms with E-state index in [1.54, 1.807) is 24.3 Å². The van der Waals surface area contributed by atoms with E-state index < -0.39 is 0 Å². The molecule has 0 saturated carbocycles. The quantitative estimate of drug-likeness (QED) is 0.551. The van der Waals surface area contributed by atoms with Gasteiger partial charge >= 0.3 is 0 Å². The fraction of sp³-hybridized carbons (Fsp3) is 0.0714. The van der Waals surface area contributed by atoms with E-state index in [1.165, 1.54) is 11.8 Å². The van der Waals surface area contributed by atoms with E-state index in [2.05, 4.69) is 21.2 Å². The van der Waals surface area contributed by atoms with Crippen molar-refractivity contribution < 1.29 is 4.79 Å². The first-order valence-electron chi connectivity index (χ1n) is 5.89. The van der Waals surface area contributed by atoms with E-state index in [1.807, 2.05) is 12.1 Å². The number of hydrogen-bond acceptors (Lipinski definition) is 3. The monoisotopic (exact) mass is 404 g/mol. The van der Waals surface area contributed by atoms with Crippen molar-refractivity contribution >= 4 is 68.2 Å². The van der Waals surface area contributed by atoms with Gasteiger partial charge in [0.1, 0.15) is 0 Å². The highest BCUT2D eigenvalue weighted by Gasteiger charge is 2.09. The van der Waals surface area contributed by atoms with E-state index >= 15 is 0 Å². The molecule has 3 nitrogen and oxygen atoms in total. The van der Waals surface area contributed by atoms with Crippen molar-refractivity contribution in [3.05, 3.63) is 50.9 Å². The molecular formula is C14H11BrCl2N2OS. The maximum absolute atomic E-state index is 11.9. The first kappa shape index (κ1) is 16.5. The van der Waals surface area contributed by atoms with Crippen LogP contribution >= 0.6 is 50.9 Å². The minimum absolute atomic E-state index is 0.175. The molecule has 0 aliphatic carbocycles. The van der Waals surface area contributed by atoms with Crippen LogP contribution in [0.5, 0.6) is 0 Å². The van der Waals surface area contributed by atoms with Crippen molar-refractivity contribution in [2.75, 3.05) is 16.8 Å². The maximum Gasteiger partial charge on any atom is 0.234 e. The second-order valence-corrected chi connectivity index (χ2v) is 6.84. The number of carbonyl (C=O) groups excluding carboxylic acids is 1. The van der Waals surface area contributed by atoms with Gasteiger partial charge < -0.3 is 11.1 Å². The average Bonchev–Trinajstić information content (AvgIpc) is 2.43. The van der Waals surface area contributed by atoms with Crippen LogP contribution in [0.2, 0.25) is 10.0 Å². The zero-order valence-electron chi connectivity index (χ0n) is 10.7. The second-order valence-electron chi connectivity index (χ2n) is 4.12. The van der Waals surface area contributed by atoms with Gasteiger partial charge in [-0.1, -0.05) is 45.2 Å². The Hall–Kier alpha value is -0.880. The van der Waals surface area contributed by atoms with Gasteiger partial charge in [-0.3, -0.25) is 4.79 Å². The van der Waals surface area contributed by atoms with E-state index in [9.17, 15) is 4.79 Å². The number of halogens is 3. The van der Waals surface area contributed by atoms with Gasteiger partial charge in [0.2, 0.25) is 5.91 Å². The number of rotatable bonds is 4. The molecule has 0 aromatic heterocycles. The van der Waals surface area contributed by atoms with Gasteiger partial charge in [0.05, 0.1) is 21.5 Å². The lowest BCUT2D eigenvalue weighted by molar-refractivity contribution is -0.113. The van der Waals surface area contributed by atoms with Gasteiger partial charge in [-0.2, -0.15) is 0 Å². The third-order valence-electron chi connectivity index (χ3n) is 2.56. The molecule has 21 heavy (non-hydrogen) atoms. The minimum atomic E-state index is -0.175. The number of benzene rings is 2. The molecule has 1 amide bonds. The molecule has 2 rings (SSSR count). The first-order valence-corrected chi connectivity index (χ1v) is 8.42. The molecule has 0 aliphatic rings. The van der Waals surface area contributed by atoms with E-state index in [-0.39, 0.29) is 11.7 Å². The minimum Gasteiger partial charge on any atom is -0.398 e. The third kappa shape index (κ3) is 4.54. The Morgan fingerprint density at radius 2 is 2.05 bits per heavy atom. The van der Waals surface area contributed by atoms with Crippen LogP contribution < -0.4 is 11.1 Å². The van der Waals surface area contributed by atoms with Crippen LogP contribution in [-0.2, 0) is 4.79 Å². The molecule has 110 valence electrons. The summed E-state index contributed by atoms with van der Waals surface area (Å²) in [4.78, 5) is 12.8. The van der Waals surface area contributed by atoms with Crippen LogP contribution in [0.4, 0.5) is 11.4 Å². The lowest BCUT2D eigenvalue weighted by atomic mass is 10.3. The van der Waals surface area contributed by atoms with Gasteiger partial charge in [-0.05, 0) is 30.3 Å².